The highest BCUT2D eigenvalue weighted by molar-refractivity contribution is 5.38. The van der Waals surface area contributed by atoms with E-state index in [0.29, 0.717) is 12.6 Å². The number of ether oxygens (including phenoxy) is 1. The summed E-state index contributed by atoms with van der Waals surface area (Å²) in [5.41, 5.74) is 0. The lowest BCUT2D eigenvalue weighted by Crippen LogP contribution is -2.29. The summed E-state index contributed by atoms with van der Waals surface area (Å²) in [6, 6.07) is 0.432. The Bertz CT molecular complexity index is 116. The zero-order valence-corrected chi connectivity index (χ0v) is 6.17. The van der Waals surface area contributed by atoms with Crippen molar-refractivity contribution in [3.05, 3.63) is 0 Å². The van der Waals surface area contributed by atoms with Gasteiger partial charge in [-0.2, -0.15) is 0 Å². The van der Waals surface area contributed by atoms with E-state index in [1.807, 2.05) is 7.05 Å². The Morgan fingerprint density at radius 3 is 3.10 bits per heavy atom. The quantitative estimate of drug-likeness (QED) is 0.562. The second-order valence-corrected chi connectivity index (χ2v) is 2.67. The molecule has 1 fully saturated rings. The summed E-state index contributed by atoms with van der Waals surface area (Å²) in [4.78, 5) is 11.9. The van der Waals surface area contributed by atoms with Gasteiger partial charge in [-0.25, -0.2) is 4.79 Å². The molecule has 0 spiro atoms. The Morgan fingerprint density at radius 1 is 1.80 bits per heavy atom. The van der Waals surface area contributed by atoms with E-state index in [1.54, 1.807) is 0 Å². The highest BCUT2D eigenvalue weighted by Gasteiger charge is 2.20. The van der Waals surface area contributed by atoms with E-state index in [9.17, 15) is 4.79 Å². The molecule has 1 atom stereocenters. The molecule has 3 heteroatoms. The van der Waals surface area contributed by atoms with Crippen LogP contribution in [0, 0.1) is 0 Å². The van der Waals surface area contributed by atoms with Crippen LogP contribution >= 0.6 is 0 Å². The van der Waals surface area contributed by atoms with E-state index in [1.165, 1.54) is 12.9 Å². The van der Waals surface area contributed by atoms with Gasteiger partial charge in [-0.3, -0.25) is 0 Å². The van der Waals surface area contributed by atoms with Gasteiger partial charge in [-0.1, -0.05) is 0 Å². The topological polar surface area (TPSA) is 29.5 Å². The SMILES string of the molecule is CN1CCCC1CO[C]=O. The van der Waals surface area contributed by atoms with Gasteiger partial charge in [-0.15, -0.1) is 0 Å². The standard InChI is InChI=1S/C7H12NO2/c1-8-4-2-3-7(8)5-10-6-9/h7H,2-5H2,1H3. The first-order chi connectivity index (χ1) is 4.84. The van der Waals surface area contributed by atoms with Crippen molar-refractivity contribution in [2.75, 3.05) is 20.2 Å². The number of likely N-dealkylation sites (tertiary alicyclic amines) is 1. The number of hydrogen-bond donors (Lipinski definition) is 0. The van der Waals surface area contributed by atoms with Crippen LogP contribution in [0.5, 0.6) is 0 Å². The van der Waals surface area contributed by atoms with Crippen molar-refractivity contribution in [2.45, 2.75) is 18.9 Å². The predicted octanol–water partition coefficient (Wildman–Crippen LogP) is 0.164. The summed E-state index contributed by atoms with van der Waals surface area (Å²) in [6.07, 6.45) is 2.35. The van der Waals surface area contributed by atoms with Gasteiger partial charge in [0.2, 0.25) is 0 Å². The molecule has 0 aromatic rings. The van der Waals surface area contributed by atoms with Crippen molar-refractivity contribution in [1.29, 1.82) is 0 Å². The Kier molecular flexibility index (Phi) is 2.68. The lowest BCUT2D eigenvalue weighted by molar-refractivity contribution is 0.182. The molecular weight excluding hydrogens is 130 g/mol. The number of likely N-dealkylation sites (N-methyl/N-ethyl adjacent to an activating group) is 1. The molecule has 3 nitrogen and oxygen atoms in total. The van der Waals surface area contributed by atoms with Crippen LogP contribution in [-0.4, -0.2) is 37.6 Å². The van der Waals surface area contributed by atoms with Gasteiger partial charge in [0.25, 0.3) is 0 Å². The maximum atomic E-state index is 9.70. The molecule has 1 rings (SSSR count). The average Bonchev–Trinajstić information content (AvgIpc) is 2.31. The third-order valence-electron chi connectivity index (χ3n) is 2.01. The molecular formula is C7H12NO2. The second kappa shape index (κ2) is 3.56. The average molecular weight is 142 g/mol. The molecule has 1 saturated heterocycles. The third-order valence-corrected chi connectivity index (χ3v) is 2.01. The molecule has 1 aliphatic rings. The van der Waals surface area contributed by atoms with E-state index in [-0.39, 0.29) is 0 Å². The van der Waals surface area contributed by atoms with Crippen LogP contribution < -0.4 is 0 Å². The number of carbonyl (C=O) groups excluding carboxylic acids is 1. The predicted molar refractivity (Wildman–Crippen MR) is 37.3 cm³/mol. The van der Waals surface area contributed by atoms with Crippen LogP contribution in [0.25, 0.3) is 0 Å². The zero-order chi connectivity index (χ0) is 7.40. The van der Waals surface area contributed by atoms with Crippen molar-refractivity contribution in [1.82, 2.24) is 4.90 Å². The lowest BCUT2D eigenvalue weighted by Gasteiger charge is -2.16. The summed E-state index contributed by atoms with van der Waals surface area (Å²) in [7, 11) is 2.05. The minimum atomic E-state index is 0.432. The van der Waals surface area contributed by atoms with Gasteiger partial charge in [0, 0.05) is 6.04 Å². The maximum absolute atomic E-state index is 9.70. The molecule has 0 aromatic carbocycles. The smallest absolute Gasteiger partial charge is 0.417 e. The van der Waals surface area contributed by atoms with Crippen LogP contribution in [0.15, 0.2) is 0 Å². The number of nitrogens with zero attached hydrogens (tertiary/aromatic N) is 1. The maximum Gasteiger partial charge on any atom is 0.417 e. The van der Waals surface area contributed by atoms with Crippen LogP contribution in [0.2, 0.25) is 0 Å². The molecule has 10 heavy (non-hydrogen) atoms. The fourth-order valence-corrected chi connectivity index (χ4v) is 1.32. The van der Waals surface area contributed by atoms with Gasteiger partial charge in [0.1, 0.15) is 6.61 Å². The van der Waals surface area contributed by atoms with Gasteiger partial charge >= 0.3 is 6.47 Å². The summed E-state index contributed by atoms with van der Waals surface area (Å²) < 4.78 is 4.54. The van der Waals surface area contributed by atoms with Gasteiger partial charge in [0.15, 0.2) is 0 Å². The molecule has 1 radical (unpaired) electrons. The minimum absolute atomic E-state index is 0.432. The zero-order valence-electron chi connectivity index (χ0n) is 6.17. The molecule has 1 heterocycles. The summed E-state index contributed by atoms with van der Waals surface area (Å²) in [5, 5.41) is 0. The minimum Gasteiger partial charge on any atom is -0.456 e. The van der Waals surface area contributed by atoms with E-state index >= 15 is 0 Å². The van der Waals surface area contributed by atoms with E-state index in [4.69, 9.17) is 0 Å². The summed E-state index contributed by atoms with van der Waals surface area (Å²) >= 11 is 0. The molecule has 0 aromatic heterocycles. The van der Waals surface area contributed by atoms with E-state index < -0.39 is 0 Å². The molecule has 1 unspecified atom stereocenters. The third kappa shape index (κ3) is 1.70. The summed E-state index contributed by atoms with van der Waals surface area (Å²) in [5.74, 6) is 0. The first-order valence-corrected chi connectivity index (χ1v) is 3.54. The lowest BCUT2D eigenvalue weighted by atomic mass is 10.2. The first-order valence-electron chi connectivity index (χ1n) is 3.54. The van der Waals surface area contributed by atoms with Crippen LogP contribution in [-0.2, 0) is 9.53 Å². The number of hydrogen-bond acceptors (Lipinski definition) is 3. The monoisotopic (exact) mass is 142 g/mol. The van der Waals surface area contributed by atoms with Crippen LogP contribution in [0.4, 0.5) is 0 Å². The van der Waals surface area contributed by atoms with Crippen molar-refractivity contribution in [2.24, 2.45) is 0 Å². The Labute approximate surface area is 61.0 Å². The van der Waals surface area contributed by atoms with Gasteiger partial charge in [0.05, 0.1) is 0 Å². The molecule has 57 valence electrons. The van der Waals surface area contributed by atoms with Crippen molar-refractivity contribution in [3.63, 3.8) is 0 Å². The molecule has 1 aliphatic heterocycles. The van der Waals surface area contributed by atoms with E-state index in [0.717, 1.165) is 13.0 Å². The van der Waals surface area contributed by atoms with Crippen molar-refractivity contribution in [3.8, 4) is 0 Å². The fraction of sp³-hybridized carbons (Fsp3) is 0.857. The highest BCUT2D eigenvalue weighted by Crippen LogP contribution is 2.13. The van der Waals surface area contributed by atoms with Gasteiger partial charge in [-0.05, 0) is 26.4 Å². The van der Waals surface area contributed by atoms with Crippen molar-refractivity contribution < 1.29 is 9.53 Å². The van der Waals surface area contributed by atoms with Crippen molar-refractivity contribution >= 4 is 6.47 Å². The number of rotatable bonds is 3. The van der Waals surface area contributed by atoms with Gasteiger partial charge < -0.3 is 9.64 Å². The fourth-order valence-electron chi connectivity index (χ4n) is 1.32. The normalized spacial score (nSPS) is 26.7. The highest BCUT2D eigenvalue weighted by atomic mass is 16.5. The summed E-state index contributed by atoms with van der Waals surface area (Å²) in [6.45, 7) is 3.06. The molecule has 0 bridgehead atoms. The molecule has 0 saturated carbocycles. The van der Waals surface area contributed by atoms with E-state index in [2.05, 4.69) is 9.64 Å². The largest absolute Gasteiger partial charge is 0.456 e. The second-order valence-electron chi connectivity index (χ2n) is 2.67. The Balaban J connectivity index is 2.19. The first kappa shape index (κ1) is 7.54. The molecule has 0 amide bonds. The van der Waals surface area contributed by atoms with Crippen LogP contribution in [0.3, 0.4) is 0 Å². The Morgan fingerprint density at radius 2 is 2.60 bits per heavy atom. The Hall–Kier alpha value is -0.570. The van der Waals surface area contributed by atoms with Crippen LogP contribution in [0.1, 0.15) is 12.8 Å². The molecule has 0 N–H and O–H groups in total. The molecule has 0 aliphatic carbocycles.